The van der Waals surface area contributed by atoms with Crippen LogP contribution in [0.2, 0.25) is 0 Å². The first-order valence-corrected chi connectivity index (χ1v) is 13.2. The first-order valence-electron chi connectivity index (χ1n) is 13.2. The number of alkyl halides is 3. The highest BCUT2D eigenvalue weighted by Gasteiger charge is 2.51. The average Bonchev–Trinajstić information content (AvgIpc) is 3.54. The molecule has 3 heterocycles. The van der Waals surface area contributed by atoms with Crippen LogP contribution in [0, 0.1) is 17.8 Å². The quantitative estimate of drug-likeness (QED) is 0.620. The number of amides is 2. The molecule has 8 nitrogen and oxygen atoms in total. The number of piperidine rings is 1. The van der Waals surface area contributed by atoms with E-state index in [0.717, 1.165) is 32.4 Å². The number of nitrogens with one attached hydrogen (secondary N) is 2. The Kier molecular flexibility index (Phi) is 6.95. The molecule has 2 N–H and O–H groups in total. The maximum Gasteiger partial charge on any atom is 0.411 e. The predicted octanol–water partition coefficient (Wildman–Crippen LogP) is 2.70. The molecule has 35 heavy (non-hydrogen) atoms. The van der Waals surface area contributed by atoms with Crippen molar-refractivity contribution in [2.75, 3.05) is 26.2 Å². The van der Waals surface area contributed by atoms with Crippen molar-refractivity contribution < 1.29 is 27.5 Å². The number of rotatable bonds is 3. The molecule has 5 rings (SSSR count). The minimum atomic E-state index is -4.43. The second-order valence-electron chi connectivity index (χ2n) is 11.2. The number of nitrogens with zero attached hydrogens (tertiary/aromatic N) is 3. The lowest BCUT2D eigenvalue weighted by Gasteiger charge is -2.54. The number of carbonyl (C=O) groups is 2. The average molecular weight is 502 g/mol. The molecule has 2 saturated carbocycles. The predicted molar refractivity (Wildman–Crippen MR) is 122 cm³/mol. The van der Waals surface area contributed by atoms with Crippen LogP contribution in [0.1, 0.15) is 58.8 Å². The topological polar surface area (TPSA) is 77.2 Å². The number of carbonyl (C=O) groups excluding carboxylic acids is 2. The molecule has 2 aliphatic carbocycles. The Morgan fingerprint density at radius 2 is 1.77 bits per heavy atom. The first kappa shape index (κ1) is 25.1. The SMILES string of the molecule is CC(=O)N1C2CCC(C3CNN(C4CC4)C3)CC2N(C(=O)OC2NCCCC2C(F)(F)F)C[C@@H]1C. The first-order chi connectivity index (χ1) is 16.6. The fourth-order valence-electron chi connectivity index (χ4n) is 6.93. The molecule has 2 amide bonds. The van der Waals surface area contributed by atoms with E-state index in [1.54, 1.807) is 11.8 Å². The summed E-state index contributed by atoms with van der Waals surface area (Å²) < 4.78 is 46.2. The molecule has 0 radical (unpaired) electrons. The third kappa shape index (κ3) is 5.13. The minimum absolute atomic E-state index is 0.0208. The smallest absolute Gasteiger partial charge is 0.411 e. The summed E-state index contributed by atoms with van der Waals surface area (Å²) in [5, 5.41) is 5.11. The van der Waals surface area contributed by atoms with Gasteiger partial charge in [-0.2, -0.15) is 13.2 Å². The van der Waals surface area contributed by atoms with Crippen molar-refractivity contribution >= 4 is 12.0 Å². The highest BCUT2D eigenvalue weighted by molar-refractivity contribution is 5.75. The van der Waals surface area contributed by atoms with Crippen molar-refractivity contribution in [2.24, 2.45) is 17.8 Å². The normalized spacial score (nSPS) is 38.8. The zero-order valence-corrected chi connectivity index (χ0v) is 20.6. The van der Waals surface area contributed by atoms with E-state index in [1.165, 1.54) is 12.8 Å². The molecule has 0 bridgehead atoms. The van der Waals surface area contributed by atoms with Crippen molar-refractivity contribution in [3.63, 3.8) is 0 Å². The van der Waals surface area contributed by atoms with Gasteiger partial charge in [0.05, 0.1) is 12.1 Å². The van der Waals surface area contributed by atoms with Crippen molar-refractivity contribution in [3.05, 3.63) is 0 Å². The third-order valence-electron chi connectivity index (χ3n) is 8.81. The summed E-state index contributed by atoms with van der Waals surface area (Å²) >= 11 is 0. The van der Waals surface area contributed by atoms with E-state index in [0.29, 0.717) is 30.8 Å². The maximum atomic E-state index is 13.6. The minimum Gasteiger partial charge on any atom is -0.430 e. The van der Waals surface area contributed by atoms with Crippen LogP contribution in [0.5, 0.6) is 0 Å². The van der Waals surface area contributed by atoms with Gasteiger partial charge >= 0.3 is 12.3 Å². The van der Waals surface area contributed by atoms with E-state index in [4.69, 9.17) is 4.74 Å². The zero-order chi connectivity index (χ0) is 24.9. The number of hydrogen-bond donors (Lipinski definition) is 2. The number of ether oxygens (including phenoxy) is 1. The van der Waals surface area contributed by atoms with Gasteiger partial charge in [0, 0.05) is 38.6 Å². The van der Waals surface area contributed by atoms with Crippen molar-refractivity contribution in [1.29, 1.82) is 0 Å². The molecule has 3 saturated heterocycles. The van der Waals surface area contributed by atoms with Gasteiger partial charge in [0.2, 0.25) is 5.91 Å². The maximum absolute atomic E-state index is 13.6. The van der Waals surface area contributed by atoms with Gasteiger partial charge in [-0.15, -0.1) is 0 Å². The molecule has 0 spiro atoms. The lowest BCUT2D eigenvalue weighted by molar-refractivity contribution is -0.213. The van der Waals surface area contributed by atoms with E-state index < -0.39 is 24.4 Å². The fraction of sp³-hybridized carbons (Fsp3) is 0.917. The molecule has 3 aliphatic heterocycles. The molecule has 5 fully saturated rings. The Hall–Kier alpha value is -1.59. The standard InChI is InChI=1S/C24H38F3N5O3/c1-14-12-30(23(34)35-22-19(24(25,26)27)4-3-9-28-22)21-10-16(5-8-20(21)32(14)15(2)33)17-11-29-31(13-17)18-6-7-18/h14,16-22,28-29H,3-13H2,1-2H3/t14-,16?,17?,19?,20?,21?,22?/m0/s1. The van der Waals surface area contributed by atoms with Crippen LogP contribution in [-0.4, -0.2) is 89.6 Å². The van der Waals surface area contributed by atoms with Crippen molar-refractivity contribution in [3.8, 4) is 0 Å². The molecule has 0 aromatic rings. The van der Waals surface area contributed by atoms with E-state index in [9.17, 15) is 22.8 Å². The van der Waals surface area contributed by atoms with Crippen LogP contribution in [0.4, 0.5) is 18.0 Å². The zero-order valence-electron chi connectivity index (χ0n) is 20.6. The number of fused-ring (bicyclic) bond motifs is 1. The Bertz CT molecular complexity index is 810. The van der Waals surface area contributed by atoms with Gasteiger partial charge < -0.3 is 14.5 Å². The number of hydrazine groups is 1. The highest BCUT2D eigenvalue weighted by atomic mass is 19.4. The second kappa shape index (κ2) is 9.70. The molecule has 5 aliphatic rings. The Morgan fingerprint density at radius 1 is 1.00 bits per heavy atom. The van der Waals surface area contributed by atoms with Gasteiger partial charge in [-0.3, -0.25) is 15.5 Å². The van der Waals surface area contributed by atoms with Crippen molar-refractivity contribution in [1.82, 2.24) is 25.6 Å². The van der Waals surface area contributed by atoms with Crippen LogP contribution < -0.4 is 10.7 Å². The van der Waals surface area contributed by atoms with E-state index in [-0.39, 0.29) is 37.0 Å². The van der Waals surface area contributed by atoms with Crippen LogP contribution in [-0.2, 0) is 9.53 Å². The Labute approximate surface area is 204 Å². The molecule has 11 heteroatoms. The highest BCUT2D eigenvalue weighted by Crippen LogP contribution is 2.41. The lowest BCUT2D eigenvalue weighted by Crippen LogP contribution is -2.67. The van der Waals surface area contributed by atoms with Crippen LogP contribution >= 0.6 is 0 Å². The molecule has 198 valence electrons. The van der Waals surface area contributed by atoms with Crippen LogP contribution in [0.3, 0.4) is 0 Å². The van der Waals surface area contributed by atoms with Crippen LogP contribution in [0.15, 0.2) is 0 Å². The van der Waals surface area contributed by atoms with Gasteiger partial charge in [0.1, 0.15) is 5.92 Å². The molecule has 6 unspecified atom stereocenters. The molecule has 7 atom stereocenters. The summed E-state index contributed by atoms with van der Waals surface area (Å²) in [7, 11) is 0. The van der Waals surface area contributed by atoms with Gasteiger partial charge in [0.15, 0.2) is 6.23 Å². The van der Waals surface area contributed by atoms with Crippen LogP contribution in [0.25, 0.3) is 0 Å². The summed E-state index contributed by atoms with van der Waals surface area (Å²) in [5.74, 6) is -0.869. The summed E-state index contributed by atoms with van der Waals surface area (Å²) in [6.07, 6.45) is -1.20. The molecular weight excluding hydrogens is 463 g/mol. The Balaban J connectivity index is 1.32. The van der Waals surface area contributed by atoms with E-state index in [1.807, 2.05) is 11.8 Å². The van der Waals surface area contributed by atoms with E-state index in [2.05, 4.69) is 15.8 Å². The fourth-order valence-corrected chi connectivity index (χ4v) is 6.93. The van der Waals surface area contributed by atoms with Gasteiger partial charge in [-0.1, -0.05) is 0 Å². The lowest BCUT2D eigenvalue weighted by atomic mass is 9.73. The summed E-state index contributed by atoms with van der Waals surface area (Å²) in [5.41, 5.74) is 3.53. The van der Waals surface area contributed by atoms with Gasteiger partial charge in [-0.25, -0.2) is 9.80 Å². The largest absolute Gasteiger partial charge is 0.430 e. The molecule has 0 aromatic carbocycles. The summed E-state index contributed by atoms with van der Waals surface area (Å²) in [4.78, 5) is 29.4. The summed E-state index contributed by atoms with van der Waals surface area (Å²) in [6.45, 7) is 6.02. The van der Waals surface area contributed by atoms with Crippen molar-refractivity contribution in [2.45, 2.75) is 95.4 Å². The second-order valence-corrected chi connectivity index (χ2v) is 11.2. The number of hydrogen-bond acceptors (Lipinski definition) is 6. The summed E-state index contributed by atoms with van der Waals surface area (Å²) in [6, 6.07) is 0.0427. The molecule has 0 aromatic heterocycles. The third-order valence-corrected chi connectivity index (χ3v) is 8.81. The van der Waals surface area contributed by atoms with Gasteiger partial charge in [-0.05, 0) is 70.3 Å². The van der Waals surface area contributed by atoms with E-state index >= 15 is 0 Å². The van der Waals surface area contributed by atoms with Gasteiger partial charge in [0.25, 0.3) is 0 Å². The molecular formula is C24H38F3N5O3. The number of halogens is 3. The monoisotopic (exact) mass is 501 g/mol. The number of piperazine rings is 1. The Morgan fingerprint density at radius 3 is 2.46 bits per heavy atom.